The first-order valence-electron chi connectivity index (χ1n) is 6.33. The number of rotatable bonds is 5. The molecule has 0 aliphatic heterocycles. The van der Waals surface area contributed by atoms with E-state index in [1.54, 1.807) is 30.3 Å². The van der Waals surface area contributed by atoms with Crippen LogP contribution in [0.1, 0.15) is 5.56 Å². The summed E-state index contributed by atoms with van der Waals surface area (Å²) in [6.45, 7) is 0. The SMILES string of the molecule is N[C@H](C(=O)O)C(I)(I)c1ccc(Oc2ccc([O-])cc2I)cc1.[Na+]. The summed E-state index contributed by atoms with van der Waals surface area (Å²) in [6.07, 6.45) is 0. The van der Waals surface area contributed by atoms with Gasteiger partial charge in [0, 0.05) is 0 Å². The van der Waals surface area contributed by atoms with Gasteiger partial charge in [-0.15, -0.1) is 5.75 Å². The van der Waals surface area contributed by atoms with Crippen LogP contribution in [0, 0.1) is 3.57 Å². The molecular formula is C15H11I3NNaO4. The Balaban J connectivity index is 0.00000288. The Morgan fingerprint density at radius 1 is 1.21 bits per heavy atom. The number of carbonyl (C=O) groups is 1. The zero-order valence-corrected chi connectivity index (χ0v) is 21.0. The molecule has 0 saturated heterocycles. The molecule has 2 aromatic carbocycles. The smallest absolute Gasteiger partial charge is 0.872 e. The average Bonchev–Trinajstić information content (AvgIpc) is 2.49. The van der Waals surface area contributed by atoms with Crippen LogP contribution in [0.3, 0.4) is 0 Å². The van der Waals surface area contributed by atoms with E-state index < -0.39 is 13.4 Å². The summed E-state index contributed by atoms with van der Waals surface area (Å²) in [6, 6.07) is 10.6. The number of carboxylic acid groups (broad SMARTS) is 1. The molecular weight excluding hydrogens is 662 g/mol. The number of aliphatic carboxylic acids is 1. The second-order valence-corrected chi connectivity index (χ2v) is 11.3. The van der Waals surface area contributed by atoms with E-state index >= 15 is 0 Å². The van der Waals surface area contributed by atoms with Gasteiger partial charge in [-0.25, -0.2) is 0 Å². The number of benzene rings is 2. The third-order valence-electron chi connectivity index (χ3n) is 3.03. The van der Waals surface area contributed by atoms with Gasteiger partial charge in [-0.3, -0.25) is 4.79 Å². The van der Waals surface area contributed by atoms with Gasteiger partial charge in [-0.2, -0.15) is 0 Å². The predicted octanol–water partition coefficient (Wildman–Crippen LogP) is 0.596. The molecule has 0 amide bonds. The fraction of sp³-hybridized carbons (Fsp3) is 0.133. The van der Waals surface area contributed by atoms with E-state index in [9.17, 15) is 9.90 Å². The number of hydrogen-bond donors (Lipinski definition) is 2. The molecule has 1 atom stereocenters. The maximum absolute atomic E-state index is 11.2. The first kappa shape index (κ1) is 22.7. The van der Waals surface area contributed by atoms with E-state index in [1.165, 1.54) is 12.1 Å². The molecule has 0 aromatic heterocycles. The number of nitrogens with two attached hydrogens (primary N) is 1. The van der Waals surface area contributed by atoms with Gasteiger partial charge in [0.05, 0.1) is 3.57 Å². The second kappa shape index (κ2) is 9.55. The first-order valence-corrected chi connectivity index (χ1v) is 9.56. The van der Waals surface area contributed by atoms with E-state index in [0.717, 1.165) is 9.13 Å². The topological polar surface area (TPSA) is 95.6 Å². The van der Waals surface area contributed by atoms with Crippen molar-refractivity contribution in [1.29, 1.82) is 0 Å². The van der Waals surface area contributed by atoms with Crippen molar-refractivity contribution in [3.05, 3.63) is 51.6 Å². The van der Waals surface area contributed by atoms with Crippen molar-refractivity contribution in [1.82, 2.24) is 0 Å². The number of hydrogen-bond acceptors (Lipinski definition) is 4. The minimum atomic E-state index is -1.05. The quantitative estimate of drug-likeness (QED) is 0.276. The molecule has 24 heavy (non-hydrogen) atoms. The van der Waals surface area contributed by atoms with Gasteiger partial charge in [0.1, 0.15) is 19.0 Å². The van der Waals surface area contributed by atoms with Gasteiger partial charge >= 0.3 is 35.5 Å². The summed E-state index contributed by atoms with van der Waals surface area (Å²) in [7, 11) is 0. The van der Waals surface area contributed by atoms with E-state index in [4.69, 9.17) is 15.6 Å². The van der Waals surface area contributed by atoms with Gasteiger partial charge in [-0.05, 0) is 46.4 Å². The van der Waals surface area contributed by atoms with Crippen LogP contribution in [0.4, 0.5) is 0 Å². The molecule has 122 valence electrons. The Bertz CT molecular complexity index is 725. The number of halogens is 3. The summed E-state index contributed by atoms with van der Waals surface area (Å²) >= 11 is 6.10. The molecule has 0 spiro atoms. The molecule has 0 radical (unpaired) electrons. The number of carboxylic acids is 1. The Morgan fingerprint density at radius 2 is 1.79 bits per heavy atom. The van der Waals surface area contributed by atoms with Crippen molar-refractivity contribution in [2.24, 2.45) is 5.73 Å². The molecule has 0 saturated carbocycles. The zero-order chi connectivity index (χ0) is 17.2. The van der Waals surface area contributed by atoms with E-state index in [0.29, 0.717) is 11.5 Å². The van der Waals surface area contributed by atoms with Crippen LogP contribution in [0.2, 0.25) is 0 Å². The van der Waals surface area contributed by atoms with E-state index in [-0.39, 0.29) is 35.3 Å². The predicted molar refractivity (Wildman–Crippen MR) is 110 cm³/mol. The summed E-state index contributed by atoms with van der Waals surface area (Å²) < 4.78 is 5.70. The second-order valence-electron chi connectivity index (χ2n) is 4.66. The van der Waals surface area contributed by atoms with Crippen LogP contribution in [0.15, 0.2) is 42.5 Å². The van der Waals surface area contributed by atoms with Gasteiger partial charge in [0.2, 0.25) is 0 Å². The number of alkyl halides is 2. The molecule has 2 rings (SSSR count). The molecule has 0 aliphatic carbocycles. The van der Waals surface area contributed by atoms with Crippen LogP contribution in [-0.4, -0.2) is 17.1 Å². The van der Waals surface area contributed by atoms with Gasteiger partial charge in [-0.1, -0.05) is 69.4 Å². The molecule has 5 nitrogen and oxygen atoms in total. The molecule has 2 aromatic rings. The molecule has 3 N–H and O–H groups in total. The monoisotopic (exact) mass is 673 g/mol. The van der Waals surface area contributed by atoms with Crippen molar-refractivity contribution in [3.8, 4) is 17.2 Å². The van der Waals surface area contributed by atoms with Crippen molar-refractivity contribution in [3.63, 3.8) is 0 Å². The Labute approximate surface area is 202 Å². The maximum atomic E-state index is 11.2. The maximum Gasteiger partial charge on any atom is 1.00 e. The van der Waals surface area contributed by atoms with Crippen molar-refractivity contribution in [2.45, 2.75) is 7.47 Å². The van der Waals surface area contributed by atoms with E-state index in [1.807, 2.05) is 67.8 Å². The standard InChI is InChI=1S/C15H12I3NO4.Na/c16-11-7-9(20)3-6-12(11)23-10-4-1-8(2-5-10)15(17,18)13(19)14(21)22;/h1-7,13,20H,19H2,(H,21,22);/q;+1/p-1/t13-;/m1./s1. The Kier molecular flexibility index (Phi) is 9.04. The average molecular weight is 673 g/mol. The summed E-state index contributed by atoms with van der Waals surface area (Å²) in [5, 5.41) is 20.3. The summed E-state index contributed by atoms with van der Waals surface area (Å²) in [5.74, 6) is 0.0638. The fourth-order valence-corrected chi connectivity index (χ4v) is 3.62. The molecule has 9 heteroatoms. The largest absolute Gasteiger partial charge is 1.00 e. The normalized spacial score (nSPS) is 12.2. The zero-order valence-electron chi connectivity index (χ0n) is 12.5. The van der Waals surface area contributed by atoms with Gasteiger partial charge in [0.15, 0.2) is 0 Å². The first-order chi connectivity index (χ1) is 10.7. The molecule has 0 bridgehead atoms. The minimum Gasteiger partial charge on any atom is -0.872 e. The third-order valence-corrected chi connectivity index (χ3v) is 6.46. The van der Waals surface area contributed by atoms with Crippen LogP contribution < -0.4 is 45.1 Å². The van der Waals surface area contributed by atoms with Crippen LogP contribution in [0.25, 0.3) is 0 Å². The van der Waals surface area contributed by atoms with Gasteiger partial charge in [0.25, 0.3) is 0 Å². The van der Waals surface area contributed by atoms with Crippen molar-refractivity contribution >= 4 is 73.7 Å². The van der Waals surface area contributed by atoms with Crippen LogP contribution in [0.5, 0.6) is 17.2 Å². The Hall–Kier alpha value is 0.660. The fourth-order valence-electron chi connectivity index (χ4n) is 1.77. The number of ether oxygens (including phenoxy) is 1. The van der Waals surface area contributed by atoms with Crippen molar-refractivity contribution < 1.29 is 49.3 Å². The van der Waals surface area contributed by atoms with E-state index in [2.05, 4.69) is 0 Å². The molecule has 0 unspecified atom stereocenters. The van der Waals surface area contributed by atoms with Crippen LogP contribution in [-0.2, 0) is 6.22 Å². The van der Waals surface area contributed by atoms with Crippen molar-refractivity contribution in [2.75, 3.05) is 0 Å². The third kappa shape index (κ3) is 5.58. The van der Waals surface area contributed by atoms with Crippen LogP contribution >= 0.6 is 67.8 Å². The van der Waals surface area contributed by atoms with Gasteiger partial charge < -0.3 is 20.7 Å². The summed E-state index contributed by atoms with van der Waals surface area (Å²) in [5.41, 5.74) is 6.53. The minimum absolute atomic E-state index is 0. The Morgan fingerprint density at radius 3 is 2.29 bits per heavy atom. The molecule has 0 heterocycles. The molecule has 0 fully saturated rings. The molecule has 0 aliphatic rings. The summed E-state index contributed by atoms with van der Waals surface area (Å²) in [4.78, 5) is 11.1.